The Morgan fingerprint density at radius 3 is 2.79 bits per heavy atom. The van der Waals surface area contributed by atoms with Crippen molar-refractivity contribution in [2.24, 2.45) is 5.92 Å². The number of likely N-dealkylation sites (N-methyl/N-ethyl adjacent to an activating group) is 1. The summed E-state index contributed by atoms with van der Waals surface area (Å²) in [5.74, 6) is 0.806. The van der Waals surface area contributed by atoms with Crippen LogP contribution in [0.25, 0.3) is 0 Å². The molecule has 19 heavy (non-hydrogen) atoms. The molecule has 1 unspecified atom stereocenters. The van der Waals surface area contributed by atoms with Gasteiger partial charge in [-0.05, 0) is 49.5 Å². The van der Waals surface area contributed by atoms with Crippen molar-refractivity contribution in [2.45, 2.75) is 19.3 Å². The highest BCUT2D eigenvalue weighted by molar-refractivity contribution is 9.10. The Balaban J connectivity index is 1.83. The van der Waals surface area contributed by atoms with Crippen LogP contribution in [0, 0.1) is 5.92 Å². The number of hydrogen-bond donors (Lipinski definition) is 1. The first-order chi connectivity index (χ1) is 9.15. The molecule has 1 fully saturated rings. The molecule has 1 aromatic carbocycles. The lowest BCUT2D eigenvalue weighted by molar-refractivity contribution is -0.129. The van der Waals surface area contributed by atoms with Crippen LogP contribution in [0.15, 0.2) is 28.7 Å². The van der Waals surface area contributed by atoms with E-state index in [1.807, 2.05) is 36.2 Å². The molecule has 1 aliphatic rings. The second-order valence-electron chi connectivity index (χ2n) is 5.29. The van der Waals surface area contributed by atoms with Gasteiger partial charge < -0.3 is 10.2 Å². The molecule has 3 nitrogen and oxygen atoms in total. The van der Waals surface area contributed by atoms with Gasteiger partial charge in [0.05, 0.1) is 6.42 Å². The molecule has 4 heteroatoms. The van der Waals surface area contributed by atoms with Gasteiger partial charge in [0.1, 0.15) is 0 Å². The third kappa shape index (κ3) is 4.62. The number of carbonyl (C=O) groups excluding carboxylic acids is 1. The molecule has 1 N–H and O–H groups in total. The predicted molar refractivity (Wildman–Crippen MR) is 81.1 cm³/mol. The maximum Gasteiger partial charge on any atom is 0.226 e. The molecule has 1 aromatic rings. The van der Waals surface area contributed by atoms with E-state index < -0.39 is 0 Å². The van der Waals surface area contributed by atoms with Gasteiger partial charge >= 0.3 is 0 Å². The highest BCUT2D eigenvalue weighted by atomic mass is 79.9. The van der Waals surface area contributed by atoms with Crippen LogP contribution in [-0.4, -0.2) is 37.5 Å². The van der Waals surface area contributed by atoms with Gasteiger partial charge in [0.25, 0.3) is 0 Å². The summed E-state index contributed by atoms with van der Waals surface area (Å²) in [6.45, 7) is 3.02. The number of nitrogens with one attached hydrogen (secondary N) is 1. The third-order valence-electron chi connectivity index (χ3n) is 3.63. The fourth-order valence-electron chi connectivity index (χ4n) is 2.48. The summed E-state index contributed by atoms with van der Waals surface area (Å²) in [5.41, 5.74) is 1.07. The molecule has 0 bridgehead atoms. The van der Waals surface area contributed by atoms with Crippen molar-refractivity contribution in [3.05, 3.63) is 34.3 Å². The van der Waals surface area contributed by atoms with Gasteiger partial charge in [0.15, 0.2) is 0 Å². The zero-order chi connectivity index (χ0) is 13.7. The molecular formula is C15H21BrN2O. The number of halogens is 1. The maximum absolute atomic E-state index is 12.2. The van der Waals surface area contributed by atoms with E-state index in [1.165, 1.54) is 12.8 Å². The number of rotatable bonds is 4. The van der Waals surface area contributed by atoms with E-state index in [0.29, 0.717) is 12.3 Å². The van der Waals surface area contributed by atoms with Gasteiger partial charge in [-0.15, -0.1) is 0 Å². The molecule has 0 radical (unpaired) electrons. The molecule has 1 heterocycles. The minimum Gasteiger partial charge on any atom is -0.345 e. The molecule has 0 saturated carbocycles. The summed E-state index contributed by atoms with van der Waals surface area (Å²) in [7, 11) is 1.91. The Morgan fingerprint density at radius 2 is 2.16 bits per heavy atom. The lowest BCUT2D eigenvalue weighted by Gasteiger charge is -2.27. The summed E-state index contributed by atoms with van der Waals surface area (Å²) in [6, 6.07) is 7.96. The topological polar surface area (TPSA) is 32.3 Å². The van der Waals surface area contributed by atoms with Crippen molar-refractivity contribution in [2.75, 3.05) is 26.7 Å². The SMILES string of the molecule is CN(CC1CCCNC1)C(=O)Cc1ccc(Br)cc1. The van der Waals surface area contributed by atoms with Crippen LogP contribution in [0.4, 0.5) is 0 Å². The van der Waals surface area contributed by atoms with E-state index >= 15 is 0 Å². The van der Waals surface area contributed by atoms with Gasteiger partial charge in [-0.2, -0.15) is 0 Å². The van der Waals surface area contributed by atoms with Crippen molar-refractivity contribution < 1.29 is 4.79 Å². The average molecular weight is 325 g/mol. The molecule has 2 rings (SSSR count). The van der Waals surface area contributed by atoms with Crippen LogP contribution in [-0.2, 0) is 11.2 Å². The molecule has 1 amide bonds. The van der Waals surface area contributed by atoms with Crippen LogP contribution < -0.4 is 5.32 Å². The zero-order valence-corrected chi connectivity index (χ0v) is 12.9. The fourth-order valence-corrected chi connectivity index (χ4v) is 2.75. The van der Waals surface area contributed by atoms with E-state index in [4.69, 9.17) is 0 Å². The molecule has 0 aromatic heterocycles. The van der Waals surface area contributed by atoms with Crippen LogP contribution >= 0.6 is 15.9 Å². The Bertz CT molecular complexity index is 413. The highest BCUT2D eigenvalue weighted by Gasteiger charge is 2.18. The van der Waals surface area contributed by atoms with Crippen LogP contribution in [0.5, 0.6) is 0 Å². The van der Waals surface area contributed by atoms with Crippen molar-refractivity contribution in [3.8, 4) is 0 Å². The molecule has 104 valence electrons. The van der Waals surface area contributed by atoms with Gasteiger partial charge in [-0.25, -0.2) is 0 Å². The number of hydrogen-bond acceptors (Lipinski definition) is 2. The first-order valence-corrected chi connectivity index (χ1v) is 7.63. The summed E-state index contributed by atoms with van der Waals surface area (Å²) in [4.78, 5) is 14.0. The van der Waals surface area contributed by atoms with Crippen molar-refractivity contribution >= 4 is 21.8 Å². The average Bonchev–Trinajstić information content (AvgIpc) is 2.42. The minimum absolute atomic E-state index is 0.202. The molecule has 1 atom stereocenters. The standard InChI is InChI=1S/C15H21BrN2O/c1-18(11-13-3-2-8-17-10-13)15(19)9-12-4-6-14(16)7-5-12/h4-7,13,17H,2-3,8-11H2,1H3. The first-order valence-electron chi connectivity index (χ1n) is 6.84. The van der Waals surface area contributed by atoms with Crippen molar-refractivity contribution in [3.63, 3.8) is 0 Å². The normalized spacial score (nSPS) is 19.2. The Kier molecular flexibility index (Phi) is 5.40. The van der Waals surface area contributed by atoms with Gasteiger partial charge in [-0.1, -0.05) is 28.1 Å². The predicted octanol–water partition coefficient (Wildman–Crippen LogP) is 2.45. The van der Waals surface area contributed by atoms with Crippen molar-refractivity contribution in [1.82, 2.24) is 10.2 Å². The quantitative estimate of drug-likeness (QED) is 0.922. The summed E-state index contributed by atoms with van der Waals surface area (Å²) < 4.78 is 1.05. The number of benzene rings is 1. The molecule has 1 saturated heterocycles. The van der Waals surface area contributed by atoms with E-state index in [2.05, 4.69) is 21.2 Å². The third-order valence-corrected chi connectivity index (χ3v) is 4.15. The molecule has 1 aliphatic heterocycles. The number of piperidine rings is 1. The van der Waals surface area contributed by atoms with Gasteiger partial charge in [0, 0.05) is 18.1 Å². The Labute approximate surface area is 123 Å². The lowest BCUT2D eigenvalue weighted by atomic mass is 9.99. The Morgan fingerprint density at radius 1 is 1.42 bits per heavy atom. The first kappa shape index (κ1) is 14.5. The summed E-state index contributed by atoms with van der Waals surface area (Å²) >= 11 is 3.40. The summed E-state index contributed by atoms with van der Waals surface area (Å²) in [6.07, 6.45) is 2.94. The van der Waals surface area contributed by atoms with E-state index in [9.17, 15) is 4.79 Å². The van der Waals surface area contributed by atoms with Gasteiger partial charge in [0.2, 0.25) is 5.91 Å². The lowest BCUT2D eigenvalue weighted by Crippen LogP contribution is -2.39. The smallest absolute Gasteiger partial charge is 0.226 e. The minimum atomic E-state index is 0.202. The highest BCUT2D eigenvalue weighted by Crippen LogP contribution is 2.14. The molecule has 0 spiro atoms. The number of carbonyl (C=O) groups is 1. The zero-order valence-electron chi connectivity index (χ0n) is 11.4. The molecular weight excluding hydrogens is 304 g/mol. The van der Waals surface area contributed by atoms with E-state index in [0.717, 1.165) is 29.7 Å². The van der Waals surface area contributed by atoms with Crippen LogP contribution in [0.1, 0.15) is 18.4 Å². The van der Waals surface area contributed by atoms with Gasteiger partial charge in [-0.3, -0.25) is 4.79 Å². The largest absolute Gasteiger partial charge is 0.345 e. The van der Waals surface area contributed by atoms with Crippen LogP contribution in [0.3, 0.4) is 0 Å². The second-order valence-corrected chi connectivity index (χ2v) is 6.21. The fraction of sp³-hybridized carbons (Fsp3) is 0.533. The number of nitrogens with zero attached hydrogens (tertiary/aromatic N) is 1. The van der Waals surface area contributed by atoms with E-state index in [1.54, 1.807) is 0 Å². The maximum atomic E-state index is 12.2. The summed E-state index contributed by atoms with van der Waals surface area (Å²) in [5, 5.41) is 3.39. The van der Waals surface area contributed by atoms with Crippen molar-refractivity contribution in [1.29, 1.82) is 0 Å². The van der Waals surface area contributed by atoms with E-state index in [-0.39, 0.29) is 5.91 Å². The monoisotopic (exact) mass is 324 g/mol. The molecule has 0 aliphatic carbocycles. The second kappa shape index (κ2) is 7.06. The van der Waals surface area contributed by atoms with Crippen LogP contribution in [0.2, 0.25) is 0 Å². The number of amides is 1. The Hall–Kier alpha value is -0.870.